The number of nitrogens with zero attached hydrogens (tertiary/aromatic N) is 1. The summed E-state index contributed by atoms with van der Waals surface area (Å²) >= 11 is 0. The molecule has 0 aliphatic heterocycles. The lowest BCUT2D eigenvalue weighted by molar-refractivity contribution is 0.00703. The van der Waals surface area contributed by atoms with E-state index in [2.05, 4.69) is 15.6 Å². The van der Waals surface area contributed by atoms with Gasteiger partial charge >= 0.3 is 5.97 Å². The molecule has 2 fully saturated rings. The standard InChI is InChI=1S/C22H35N3O2/c1-22(2,3)27-21(26)19-14-18(24-16-10-6-4-7-11-16)15-23-20(19)25-17-12-8-5-9-13-17/h14-17,24H,4-13H2,1-3H3,(H,23,25). The summed E-state index contributed by atoms with van der Waals surface area (Å²) in [6, 6.07) is 2.79. The van der Waals surface area contributed by atoms with Gasteiger partial charge in [-0.15, -0.1) is 0 Å². The molecule has 0 unspecified atom stereocenters. The van der Waals surface area contributed by atoms with Crippen LogP contribution in [0.2, 0.25) is 0 Å². The number of pyridine rings is 1. The van der Waals surface area contributed by atoms with E-state index >= 15 is 0 Å². The normalized spacial score (nSPS) is 19.5. The molecule has 5 heteroatoms. The molecule has 0 saturated heterocycles. The lowest BCUT2D eigenvalue weighted by atomic mass is 9.95. The van der Waals surface area contributed by atoms with Crippen LogP contribution in [0.5, 0.6) is 0 Å². The number of aromatic nitrogens is 1. The van der Waals surface area contributed by atoms with Gasteiger partial charge in [-0.1, -0.05) is 38.5 Å². The third kappa shape index (κ3) is 6.12. The van der Waals surface area contributed by atoms with E-state index in [0.717, 1.165) is 18.5 Å². The summed E-state index contributed by atoms with van der Waals surface area (Å²) in [7, 11) is 0. The molecule has 1 aromatic rings. The summed E-state index contributed by atoms with van der Waals surface area (Å²) in [6.45, 7) is 5.70. The highest BCUT2D eigenvalue weighted by Crippen LogP contribution is 2.27. The molecule has 5 nitrogen and oxygen atoms in total. The lowest BCUT2D eigenvalue weighted by Gasteiger charge is -2.27. The van der Waals surface area contributed by atoms with E-state index in [1.807, 2.05) is 33.0 Å². The topological polar surface area (TPSA) is 63.2 Å². The van der Waals surface area contributed by atoms with Crippen molar-refractivity contribution >= 4 is 17.5 Å². The number of hydrogen-bond donors (Lipinski definition) is 2. The van der Waals surface area contributed by atoms with E-state index < -0.39 is 5.60 Å². The maximum atomic E-state index is 12.8. The summed E-state index contributed by atoms with van der Waals surface area (Å²) in [5.41, 5.74) is 0.930. The van der Waals surface area contributed by atoms with Crippen molar-refractivity contribution in [2.75, 3.05) is 10.6 Å². The van der Waals surface area contributed by atoms with Gasteiger partial charge in [0.2, 0.25) is 0 Å². The van der Waals surface area contributed by atoms with E-state index in [0.29, 0.717) is 23.5 Å². The van der Waals surface area contributed by atoms with Crippen LogP contribution >= 0.6 is 0 Å². The van der Waals surface area contributed by atoms with Crippen LogP contribution in [0.25, 0.3) is 0 Å². The Labute approximate surface area is 163 Å². The van der Waals surface area contributed by atoms with E-state index in [9.17, 15) is 4.79 Å². The molecule has 27 heavy (non-hydrogen) atoms. The number of carbonyl (C=O) groups is 1. The Kier molecular flexibility index (Phi) is 6.61. The Morgan fingerprint density at radius 1 is 0.963 bits per heavy atom. The van der Waals surface area contributed by atoms with Gasteiger partial charge in [-0.2, -0.15) is 0 Å². The number of ether oxygens (including phenoxy) is 1. The molecule has 2 saturated carbocycles. The van der Waals surface area contributed by atoms with Crippen LogP contribution in [0, 0.1) is 0 Å². The molecule has 2 aliphatic carbocycles. The van der Waals surface area contributed by atoms with Crippen LogP contribution in [0.15, 0.2) is 12.3 Å². The summed E-state index contributed by atoms with van der Waals surface area (Å²) in [6.07, 6.45) is 14.1. The summed E-state index contributed by atoms with van der Waals surface area (Å²) < 4.78 is 5.65. The van der Waals surface area contributed by atoms with Gasteiger partial charge in [0.25, 0.3) is 0 Å². The maximum absolute atomic E-state index is 12.8. The van der Waals surface area contributed by atoms with Crippen LogP contribution in [0.4, 0.5) is 11.5 Å². The molecule has 0 atom stereocenters. The third-order valence-corrected chi connectivity index (χ3v) is 5.43. The summed E-state index contributed by atoms with van der Waals surface area (Å²) in [5, 5.41) is 7.08. The third-order valence-electron chi connectivity index (χ3n) is 5.43. The second kappa shape index (κ2) is 8.94. The Balaban J connectivity index is 1.78. The van der Waals surface area contributed by atoms with Gasteiger partial charge in [0.1, 0.15) is 17.0 Å². The zero-order valence-electron chi connectivity index (χ0n) is 17.1. The highest BCUT2D eigenvalue weighted by Gasteiger charge is 2.24. The summed E-state index contributed by atoms with van der Waals surface area (Å²) in [4.78, 5) is 17.5. The van der Waals surface area contributed by atoms with Gasteiger partial charge in [-0.25, -0.2) is 9.78 Å². The highest BCUT2D eigenvalue weighted by atomic mass is 16.6. The predicted octanol–water partition coefficient (Wildman–Crippen LogP) is 5.53. The van der Waals surface area contributed by atoms with E-state index in [1.54, 1.807) is 0 Å². The number of nitrogens with one attached hydrogen (secondary N) is 2. The SMILES string of the molecule is CC(C)(C)OC(=O)c1cc(NC2CCCCC2)cnc1NC1CCCCC1. The molecule has 3 rings (SSSR count). The Morgan fingerprint density at radius 2 is 1.52 bits per heavy atom. The van der Waals surface area contributed by atoms with Crippen molar-refractivity contribution < 1.29 is 9.53 Å². The molecule has 0 radical (unpaired) electrons. The van der Waals surface area contributed by atoms with Crippen LogP contribution in [0.1, 0.15) is 95.3 Å². The Bertz CT molecular complexity index is 627. The number of carbonyl (C=O) groups excluding carboxylic acids is 1. The number of anilines is 2. The molecule has 0 bridgehead atoms. The Hall–Kier alpha value is -1.78. The second-order valence-corrected chi connectivity index (χ2v) is 9.08. The minimum atomic E-state index is -0.522. The molecule has 0 spiro atoms. The predicted molar refractivity (Wildman–Crippen MR) is 110 cm³/mol. The molecular weight excluding hydrogens is 338 g/mol. The average Bonchev–Trinajstić information content (AvgIpc) is 2.63. The van der Waals surface area contributed by atoms with Crippen molar-refractivity contribution in [3.05, 3.63) is 17.8 Å². The number of esters is 1. The molecular formula is C22H35N3O2. The van der Waals surface area contributed by atoms with Crippen molar-refractivity contribution in [1.82, 2.24) is 4.98 Å². The molecule has 0 amide bonds. The summed E-state index contributed by atoms with van der Waals surface area (Å²) in [5.74, 6) is 0.353. The maximum Gasteiger partial charge on any atom is 0.342 e. The van der Waals surface area contributed by atoms with Gasteiger partial charge in [-0.05, 0) is 52.5 Å². The molecule has 2 aliphatic rings. The monoisotopic (exact) mass is 373 g/mol. The first kappa shape index (κ1) is 20.0. The fourth-order valence-electron chi connectivity index (χ4n) is 4.07. The van der Waals surface area contributed by atoms with Crippen molar-refractivity contribution in [2.45, 2.75) is 103 Å². The van der Waals surface area contributed by atoms with E-state index in [4.69, 9.17) is 4.74 Å². The number of hydrogen-bond acceptors (Lipinski definition) is 5. The van der Waals surface area contributed by atoms with Gasteiger partial charge in [0, 0.05) is 12.1 Å². The zero-order chi connectivity index (χ0) is 19.3. The quantitative estimate of drug-likeness (QED) is 0.665. The fourth-order valence-corrected chi connectivity index (χ4v) is 4.07. The first-order valence-corrected chi connectivity index (χ1v) is 10.7. The second-order valence-electron chi connectivity index (χ2n) is 9.08. The molecule has 1 aromatic heterocycles. The van der Waals surface area contributed by atoms with Crippen molar-refractivity contribution in [3.8, 4) is 0 Å². The molecule has 2 N–H and O–H groups in total. The van der Waals surface area contributed by atoms with Crippen molar-refractivity contribution in [1.29, 1.82) is 0 Å². The average molecular weight is 374 g/mol. The smallest absolute Gasteiger partial charge is 0.342 e. The number of rotatable bonds is 5. The van der Waals surface area contributed by atoms with Gasteiger partial charge < -0.3 is 15.4 Å². The van der Waals surface area contributed by atoms with Crippen LogP contribution < -0.4 is 10.6 Å². The molecule has 150 valence electrons. The van der Waals surface area contributed by atoms with E-state index in [-0.39, 0.29) is 5.97 Å². The van der Waals surface area contributed by atoms with Crippen LogP contribution in [-0.4, -0.2) is 28.6 Å². The first-order valence-electron chi connectivity index (χ1n) is 10.7. The Morgan fingerprint density at radius 3 is 2.07 bits per heavy atom. The minimum absolute atomic E-state index is 0.305. The minimum Gasteiger partial charge on any atom is -0.456 e. The highest BCUT2D eigenvalue weighted by molar-refractivity contribution is 5.96. The van der Waals surface area contributed by atoms with Gasteiger partial charge in [0.05, 0.1) is 11.9 Å². The van der Waals surface area contributed by atoms with Gasteiger partial charge in [0.15, 0.2) is 0 Å². The van der Waals surface area contributed by atoms with E-state index in [1.165, 1.54) is 51.4 Å². The van der Waals surface area contributed by atoms with Crippen LogP contribution in [0.3, 0.4) is 0 Å². The van der Waals surface area contributed by atoms with Gasteiger partial charge in [-0.3, -0.25) is 0 Å². The largest absolute Gasteiger partial charge is 0.456 e. The first-order chi connectivity index (χ1) is 12.9. The zero-order valence-corrected chi connectivity index (χ0v) is 17.1. The van der Waals surface area contributed by atoms with Crippen molar-refractivity contribution in [2.24, 2.45) is 0 Å². The molecule has 1 heterocycles. The fraction of sp³-hybridized carbons (Fsp3) is 0.727. The van der Waals surface area contributed by atoms with Crippen LogP contribution in [-0.2, 0) is 4.74 Å². The lowest BCUT2D eigenvalue weighted by Crippen LogP contribution is -2.28. The van der Waals surface area contributed by atoms with Crippen molar-refractivity contribution in [3.63, 3.8) is 0 Å². The molecule has 0 aromatic carbocycles.